The van der Waals surface area contributed by atoms with Crippen molar-refractivity contribution in [2.75, 3.05) is 24.5 Å². The van der Waals surface area contributed by atoms with Gasteiger partial charge < -0.3 is 14.3 Å². The summed E-state index contributed by atoms with van der Waals surface area (Å²) in [5.74, 6) is 0.805. The van der Waals surface area contributed by atoms with Crippen LogP contribution in [0, 0.1) is 5.92 Å². The zero-order valence-electron chi connectivity index (χ0n) is 18.7. The SMILES string of the molecule is O=C(c1ccc(C(F)(F)F)cc1)N(Cc1c(-c2ccccc2)noc1N1CCCC1)CC1CC1. The Morgan fingerprint density at radius 3 is 2.32 bits per heavy atom. The number of carbonyl (C=O) groups excluding carboxylic acids is 1. The van der Waals surface area contributed by atoms with Crippen molar-refractivity contribution in [1.82, 2.24) is 10.1 Å². The zero-order valence-corrected chi connectivity index (χ0v) is 18.7. The summed E-state index contributed by atoms with van der Waals surface area (Å²) < 4.78 is 44.8. The molecule has 2 heterocycles. The highest BCUT2D eigenvalue weighted by Crippen LogP contribution is 2.36. The van der Waals surface area contributed by atoms with Crippen LogP contribution in [0.1, 0.15) is 47.2 Å². The standard InChI is InChI=1S/C26H26F3N3O2/c27-26(28,29)21-12-10-20(11-13-21)24(33)32(16-18-8-9-18)17-22-23(19-6-2-1-3-7-19)30-34-25(22)31-14-4-5-15-31/h1-3,6-7,10-13,18H,4-5,8-9,14-17H2. The highest BCUT2D eigenvalue weighted by molar-refractivity contribution is 5.94. The number of aromatic nitrogens is 1. The summed E-state index contributed by atoms with van der Waals surface area (Å²) in [6.45, 7) is 2.58. The lowest BCUT2D eigenvalue weighted by Gasteiger charge is -2.24. The van der Waals surface area contributed by atoms with Gasteiger partial charge in [-0.05, 0) is 55.9 Å². The number of hydrogen-bond acceptors (Lipinski definition) is 4. The molecule has 178 valence electrons. The fourth-order valence-corrected chi connectivity index (χ4v) is 4.44. The Kier molecular flexibility index (Phi) is 6.06. The van der Waals surface area contributed by atoms with E-state index >= 15 is 0 Å². The molecule has 8 heteroatoms. The van der Waals surface area contributed by atoms with Crippen molar-refractivity contribution in [3.63, 3.8) is 0 Å². The second-order valence-corrected chi connectivity index (χ2v) is 9.08. The first-order valence-electron chi connectivity index (χ1n) is 11.7. The molecule has 34 heavy (non-hydrogen) atoms. The summed E-state index contributed by atoms with van der Waals surface area (Å²) in [4.78, 5) is 17.4. The largest absolute Gasteiger partial charge is 0.416 e. The van der Waals surface area contributed by atoms with Gasteiger partial charge in [-0.3, -0.25) is 4.79 Å². The lowest BCUT2D eigenvalue weighted by Crippen LogP contribution is -2.33. The highest BCUT2D eigenvalue weighted by atomic mass is 19.4. The Bertz CT molecular complexity index is 1130. The molecule has 1 aromatic heterocycles. The third-order valence-electron chi connectivity index (χ3n) is 6.48. The first kappa shape index (κ1) is 22.5. The minimum atomic E-state index is -4.44. The predicted molar refractivity (Wildman–Crippen MR) is 122 cm³/mol. The van der Waals surface area contributed by atoms with E-state index in [0.29, 0.717) is 24.0 Å². The van der Waals surface area contributed by atoms with E-state index in [1.807, 2.05) is 30.3 Å². The van der Waals surface area contributed by atoms with Crippen molar-refractivity contribution >= 4 is 11.8 Å². The van der Waals surface area contributed by atoms with E-state index in [9.17, 15) is 18.0 Å². The quantitative estimate of drug-likeness (QED) is 0.425. The molecule has 5 nitrogen and oxygen atoms in total. The van der Waals surface area contributed by atoms with Crippen LogP contribution in [-0.4, -0.2) is 35.6 Å². The Balaban J connectivity index is 1.48. The molecule has 0 spiro atoms. The van der Waals surface area contributed by atoms with Crippen LogP contribution in [-0.2, 0) is 12.7 Å². The van der Waals surface area contributed by atoms with Gasteiger partial charge in [0.25, 0.3) is 5.91 Å². The van der Waals surface area contributed by atoms with Crippen molar-refractivity contribution < 1.29 is 22.5 Å². The van der Waals surface area contributed by atoms with Gasteiger partial charge in [0, 0.05) is 30.8 Å². The molecular formula is C26H26F3N3O2. The van der Waals surface area contributed by atoms with Crippen LogP contribution in [0.3, 0.4) is 0 Å². The summed E-state index contributed by atoms with van der Waals surface area (Å²) in [7, 11) is 0. The average molecular weight is 470 g/mol. The van der Waals surface area contributed by atoms with Crippen molar-refractivity contribution in [3.05, 3.63) is 71.3 Å². The lowest BCUT2D eigenvalue weighted by molar-refractivity contribution is -0.137. The summed E-state index contributed by atoms with van der Waals surface area (Å²) in [6.07, 6.45) is -0.211. The molecule has 1 saturated carbocycles. The van der Waals surface area contributed by atoms with Gasteiger partial charge in [-0.15, -0.1) is 0 Å². The Morgan fingerprint density at radius 2 is 1.71 bits per heavy atom. The second-order valence-electron chi connectivity index (χ2n) is 9.08. The lowest BCUT2D eigenvalue weighted by atomic mass is 10.1. The minimum Gasteiger partial charge on any atom is -0.340 e. The van der Waals surface area contributed by atoms with E-state index in [0.717, 1.165) is 62.0 Å². The van der Waals surface area contributed by atoms with Crippen LogP contribution >= 0.6 is 0 Å². The fraction of sp³-hybridized carbons (Fsp3) is 0.385. The van der Waals surface area contributed by atoms with E-state index in [1.54, 1.807) is 4.90 Å². The van der Waals surface area contributed by atoms with E-state index < -0.39 is 11.7 Å². The monoisotopic (exact) mass is 469 g/mol. The van der Waals surface area contributed by atoms with Gasteiger partial charge in [0.15, 0.2) is 0 Å². The Morgan fingerprint density at radius 1 is 1.03 bits per heavy atom. The van der Waals surface area contributed by atoms with E-state index in [1.165, 1.54) is 12.1 Å². The number of benzene rings is 2. The van der Waals surface area contributed by atoms with Gasteiger partial charge in [-0.1, -0.05) is 35.5 Å². The van der Waals surface area contributed by atoms with Crippen LogP contribution in [0.5, 0.6) is 0 Å². The molecule has 5 rings (SSSR count). The first-order chi connectivity index (χ1) is 16.4. The molecule has 2 fully saturated rings. The Labute approximate surface area is 196 Å². The summed E-state index contributed by atoms with van der Waals surface area (Å²) in [5.41, 5.74) is 1.92. The van der Waals surface area contributed by atoms with Gasteiger partial charge in [0.2, 0.25) is 5.88 Å². The van der Waals surface area contributed by atoms with Gasteiger partial charge >= 0.3 is 6.18 Å². The molecule has 1 saturated heterocycles. The van der Waals surface area contributed by atoms with Crippen molar-refractivity contribution in [3.8, 4) is 11.3 Å². The maximum absolute atomic E-state index is 13.5. The van der Waals surface area contributed by atoms with Crippen LogP contribution in [0.4, 0.5) is 19.1 Å². The fourth-order valence-electron chi connectivity index (χ4n) is 4.44. The molecule has 1 amide bonds. The third-order valence-corrected chi connectivity index (χ3v) is 6.48. The number of hydrogen-bond donors (Lipinski definition) is 0. The number of alkyl halides is 3. The maximum Gasteiger partial charge on any atom is 0.416 e. The maximum atomic E-state index is 13.5. The molecular weight excluding hydrogens is 443 g/mol. The van der Waals surface area contributed by atoms with E-state index in [2.05, 4.69) is 10.1 Å². The average Bonchev–Trinajstić information content (AvgIpc) is 3.31. The van der Waals surface area contributed by atoms with Crippen molar-refractivity contribution in [2.45, 2.75) is 38.4 Å². The zero-order chi connectivity index (χ0) is 23.7. The number of nitrogens with zero attached hydrogens (tertiary/aromatic N) is 3. The highest BCUT2D eigenvalue weighted by Gasteiger charge is 2.33. The van der Waals surface area contributed by atoms with Crippen LogP contribution in [0.2, 0.25) is 0 Å². The van der Waals surface area contributed by atoms with E-state index in [4.69, 9.17) is 4.52 Å². The molecule has 0 atom stereocenters. The van der Waals surface area contributed by atoms with Crippen LogP contribution < -0.4 is 4.90 Å². The molecule has 1 aliphatic carbocycles. The number of anilines is 1. The summed E-state index contributed by atoms with van der Waals surface area (Å²) >= 11 is 0. The number of amides is 1. The summed E-state index contributed by atoms with van der Waals surface area (Å²) in [6, 6.07) is 14.2. The number of rotatable bonds is 7. The van der Waals surface area contributed by atoms with Gasteiger partial charge in [0.1, 0.15) is 5.69 Å². The first-order valence-corrected chi connectivity index (χ1v) is 11.7. The predicted octanol–water partition coefficient (Wildman–Crippen LogP) is 6.01. The molecule has 0 bridgehead atoms. The second kappa shape index (κ2) is 9.16. The third kappa shape index (κ3) is 4.81. The van der Waals surface area contributed by atoms with Crippen molar-refractivity contribution in [1.29, 1.82) is 0 Å². The molecule has 1 aliphatic heterocycles. The summed E-state index contributed by atoms with van der Waals surface area (Å²) in [5, 5.41) is 4.37. The van der Waals surface area contributed by atoms with E-state index in [-0.39, 0.29) is 18.0 Å². The molecule has 2 aliphatic rings. The smallest absolute Gasteiger partial charge is 0.340 e. The van der Waals surface area contributed by atoms with Crippen molar-refractivity contribution in [2.24, 2.45) is 5.92 Å². The molecule has 2 aromatic carbocycles. The normalized spacial score (nSPS) is 16.1. The van der Waals surface area contributed by atoms with Gasteiger partial charge in [-0.25, -0.2) is 0 Å². The molecule has 0 unspecified atom stereocenters. The molecule has 0 N–H and O–H groups in total. The van der Waals surface area contributed by atoms with Crippen LogP contribution in [0.25, 0.3) is 11.3 Å². The minimum absolute atomic E-state index is 0.245. The molecule has 3 aromatic rings. The van der Waals surface area contributed by atoms with Gasteiger partial charge in [-0.2, -0.15) is 13.2 Å². The Hall–Kier alpha value is -3.29. The van der Waals surface area contributed by atoms with Gasteiger partial charge in [0.05, 0.1) is 17.7 Å². The van der Waals surface area contributed by atoms with Crippen LogP contribution in [0.15, 0.2) is 59.1 Å². The topological polar surface area (TPSA) is 49.6 Å². The number of carbonyl (C=O) groups is 1. The molecule has 0 radical (unpaired) electrons. The number of halogens is 3.